The van der Waals surface area contributed by atoms with Gasteiger partial charge in [-0.15, -0.1) is 0 Å². The average molecular weight is 322 g/mol. The molecule has 0 radical (unpaired) electrons. The standard InChI is InChI=1S/C15H22N4O4/c1-10(15(22)18-8-4-7-16)19-13(20)9-23-12-6-3-2-5-11(12)14(17)21/h2-3,5-6,10H,4,7-9,16H2,1H3,(H2,17,21)(H,18,22)(H,19,20)/t10-/m0/s1. The molecule has 0 bridgehead atoms. The number of nitrogens with one attached hydrogen (secondary N) is 2. The first-order chi connectivity index (χ1) is 11.0. The predicted octanol–water partition coefficient (Wildman–Crippen LogP) is -0.866. The van der Waals surface area contributed by atoms with Crippen LogP contribution in [0.5, 0.6) is 5.75 Å². The van der Waals surface area contributed by atoms with Gasteiger partial charge in [0.25, 0.3) is 11.8 Å². The fourth-order valence-electron chi connectivity index (χ4n) is 1.75. The van der Waals surface area contributed by atoms with Crippen LogP contribution in [0, 0.1) is 0 Å². The van der Waals surface area contributed by atoms with Crippen LogP contribution in [0.3, 0.4) is 0 Å². The van der Waals surface area contributed by atoms with Gasteiger partial charge in [0.05, 0.1) is 5.56 Å². The maximum absolute atomic E-state index is 11.8. The van der Waals surface area contributed by atoms with Crippen molar-refractivity contribution in [1.82, 2.24) is 10.6 Å². The molecule has 8 heteroatoms. The lowest BCUT2D eigenvalue weighted by Crippen LogP contribution is -2.46. The molecule has 0 spiro atoms. The van der Waals surface area contributed by atoms with E-state index in [0.717, 1.165) is 0 Å². The van der Waals surface area contributed by atoms with Gasteiger partial charge in [-0.05, 0) is 32.0 Å². The van der Waals surface area contributed by atoms with E-state index in [1.165, 1.54) is 12.1 Å². The van der Waals surface area contributed by atoms with Crippen molar-refractivity contribution in [2.24, 2.45) is 11.5 Å². The van der Waals surface area contributed by atoms with Crippen LogP contribution >= 0.6 is 0 Å². The van der Waals surface area contributed by atoms with Crippen LogP contribution in [0.4, 0.5) is 0 Å². The van der Waals surface area contributed by atoms with Gasteiger partial charge in [-0.3, -0.25) is 14.4 Å². The van der Waals surface area contributed by atoms with Crippen LogP contribution in [0.15, 0.2) is 24.3 Å². The number of primary amides is 1. The molecule has 1 aromatic rings. The Kier molecular flexibility index (Phi) is 7.55. The highest BCUT2D eigenvalue weighted by molar-refractivity contribution is 5.95. The molecule has 0 saturated heterocycles. The Morgan fingerprint density at radius 2 is 1.96 bits per heavy atom. The summed E-state index contributed by atoms with van der Waals surface area (Å²) in [4.78, 5) is 34.7. The number of rotatable bonds is 9. The number of amides is 3. The largest absolute Gasteiger partial charge is 0.483 e. The Balaban J connectivity index is 2.45. The van der Waals surface area contributed by atoms with Crippen LogP contribution in [-0.4, -0.2) is 43.5 Å². The Hall–Kier alpha value is -2.61. The van der Waals surface area contributed by atoms with Gasteiger partial charge in [-0.2, -0.15) is 0 Å². The molecule has 0 aliphatic carbocycles. The molecule has 6 N–H and O–H groups in total. The Labute approximate surface area is 134 Å². The molecule has 23 heavy (non-hydrogen) atoms. The van der Waals surface area contributed by atoms with Crippen molar-refractivity contribution < 1.29 is 19.1 Å². The number of hydrogen-bond acceptors (Lipinski definition) is 5. The molecule has 0 saturated carbocycles. The van der Waals surface area contributed by atoms with Crippen LogP contribution in [0.25, 0.3) is 0 Å². The molecule has 1 aromatic carbocycles. The molecule has 0 aromatic heterocycles. The highest BCUT2D eigenvalue weighted by Gasteiger charge is 2.16. The van der Waals surface area contributed by atoms with Gasteiger partial charge in [0.1, 0.15) is 11.8 Å². The zero-order valence-electron chi connectivity index (χ0n) is 13.0. The third kappa shape index (κ3) is 6.35. The normalized spacial score (nSPS) is 11.4. The van der Waals surface area contributed by atoms with Gasteiger partial charge in [-0.1, -0.05) is 12.1 Å². The first-order valence-corrected chi connectivity index (χ1v) is 7.24. The highest BCUT2D eigenvalue weighted by Crippen LogP contribution is 2.16. The van der Waals surface area contributed by atoms with E-state index >= 15 is 0 Å². The molecular weight excluding hydrogens is 300 g/mol. The van der Waals surface area contributed by atoms with Gasteiger partial charge in [0, 0.05) is 6.54 Å². The summed E-state index contributed by atoms with van der Waals surface area (Å²) in [6, 6.07) is 5.64. The summed E-state index contributed by atoms with van der Waals surface area (Å²) in [6.07, 6.45) is 0.666. The maximum Gasteiger partial charge on any atom is 0.258 e. The van der Waals surface area contributed by atoms with Crippen molar-refractivity contribution in [3.63, 3.8) is 0 Å². The van der Waals surface area contributed by atoms with E-state index in [1.807, 2.05) is 0 Å². The molecule has 0 aliphatic rings. The fraction of sp³-hybridized carbons (Fsp3) is 0.400. The molecule has 1 atom stereocenters. The summed E-state index contributed by atoms with van der Waals surface area (Å²) >= 11 is 0. The highest BCUT2D eigenvalue weighted by atomic mass is 16.5. The molecule has 0 fully saturated rings. The minimum atomic E-state index is -0.699. The molecule has 1 rings (SSSR count). The summed E-state index contributed by atoms with van der Waals surface area (Å²) < 4.78 is 5.28. The number of carbonyl (C=O) groups is 3. The molecule has 0 unspecified atom stereocenters. The van der Waals surface area contributed by atoms with Crippen molar-refractivity contribution in [3.8, 4) is 5.75 Å². The second kappa shape index (κ2) is 9.42. The summed E-state index contributed by atoms with van der Waals surface area (Å²) in [5.41, 5.74) is 10.7. The maximum atomic E-state index is 11.8. The van der Waals surface area contributed by atoms with Crippen LogP contribution in [0.1, 0.15) is 23.7 Å². The molecular formula is C15H22N4O4. The van der Waals surface area contributed by atoms with Crippen LogP contribution < -0.4 is 26.8 Å². The summed E-state index contributed by atoms with van der Waals surface area (Å²) in [6.45, 7) is 2.17. The fourth-order valence-corrected chi connectivity index (χ4v) is 1.75. The molecule has 0 heterocycles. The van der Waals surface area contributed by atoms with Crippen molar-refractivity contribution in [2.45, 2.75) is 19.4 Å². The average Bonchev–Trinajstić information content (AvgIpc) is 2.53. The summed E-state index contributed by atoms with van der Waals surface area (Å²) in [5.74, 6) is -1.21. The minimum Gasteiger partial charge on any atom is -0.483 e. The van der Waals surface area contributed by atoms with Gasteiger partial charge in [-0.25, -0.2) is 0 Å². The second-order valence-corrected chi connectivity index (χ2v) is 4.87. The van der Waals surface area contributed by atoms with E-state index in [2.05, 4.69) is 10.6 Å². The lowest BCUT2D eigenvalue weighted by molar-refractivity contribution is -0.129. The van der Waals surface area contributed by atoms with E-state index in [9.17, 15) is 14.4 Å². The van der Waals surface area contributed by atoms with Gasteiger partial charge < -0.3 is 26.8 Å². The lowest BCUT2D eigenvalue weighted by atomic mass is 10.2. The van der Waals surface area contributed by atoms with E-state index in [-0.39, 0.29) is 23.8 Å². The van der Waals surface area contributed by atoms with Crippen LogP contribution in [0.2, 0.25) is 0 Å². The zero-order valence-corrected chi connectivity index (χ0v) is 13.0. The Morgan fingerprint density at radius 3 is 2.61 bits per heavy atom. The third-order valence-electron chi connectivity index (χ3n) is 2.96. The first kappa shape index (κ1) is 18.4. The van der Waals surface area contributed by atoms with E-state index < -0.39 is 17.9 Å². The molecule has 126 valence electrons. The van der Waals surface area contributed by atoms with Crippen molar-refractivity contribution in [2.75, 3.05) is 19.7 Å². The smallest absolute Gasteiger partial charge is 0.258 e. The van der Waals surface area contributed by atoms with Gasteiger partial charge in [0.2, 0.25) is 5.91 Å². The predicted molar refractivity (Wildman–Crippen MR) is 84.7 cm³/mol. The van der Waals surface area contributed by atoms with Crippen molar-refractivity contribution >= 4 is 17.7 Å². The van der Waals surface area contributed by atoms with E-state index in [4.69, 9.17) is 16.2 Å². The number of carbonyl (C=O) groups excluding carboxylic acids is 3. The SMILES string of the molecule is C[C@H](NC(=O)COc1ccccc1C(N)=O)C(=O)NCCCN. The quantitative estimate of drug-likeness (QED) is 0.438. The van der Waals surface area contributed by atoms with E-state index in [0.29, 0.717) is 19.5 Å². The van der Waals surface area contributed by atoms with Crippen molar-refractivity contribution in [3.05, 3.63) is 29.8 Å². The Morgan fingerprint density at radius 1 is 1.26 bits per heavy atom. The van der Waals surface area contributed by atoms with Gasteiger partial charge >= 0.3 is 0 Å². The summed E-state index contributed by atoms with van der Waals surface area (Å²) in [7, 11) is 0. The minimum absolute atomic E-state index is 0.188. The van der Waals surface area contributed by atoms with Gasteiger partial charge in [0.15, 0.2) is 6.61 Å². The first-order valence-electron chi connectivity index (χ1n) is 7.24. The third-order valence-corrected chi connectivity index (χ3v) is 2.96. The second-order valence-electron chi connectivity index (χ2n) is 4.87. The number of nitrogens with two attached hydrogens (primary N) is 2. The van der Waals surface area contributed by atoms with Crippen molar-refractivity contribution in [1.29, 1.82) is 0 Å². The topological polar surface area (TPSA) is 137 Å². The molecule has 0 aliphatic heterocycles. The number of para-hydroxylation sites is 1. The molecule has 8 nitrogen and oxygen atoms in total. The lowest BCUT2D eigenvalue weighted by Gasteiger charge is -2.15. The monoisotopic (exact) mass is 322 g/mol. The number of hydrogen-bond donors (Lipinski definition) is 4. The summed E-state index contributed by atoms with van der Waals surface area (Å²) in [5, 5.41) is 5.15. The number of ether oxygens (including phenoxy) is 1. The molecule has 3 amide bonds. The zero-order chi connectivity index (χ0) is 17.2. The van der Waals surface area contributed by atoms with Crippen LogP contribution in [-0.2, 0) is 9.59 Å². The Bertz CT molecular complexity index is 562. The van der Waals surface area contributed by atoms with E-state index in [1.54, 1.807) is 19.1 Å². The number of benzene rings is 1.